The van der Waals surface area contributed by atoms with Crippen molar-refractivity contribution < 1.29 is 14.7 Å². The van der Waals surface area contributed by atoms with Gasteiger partial charge in [-0.2, -0.15) is 0 Å². The molecule has 0 radical (unpaired) electrons. The smallest absolute Gasteiger partial charge is 0.324 e. The van der Waals surface area contributed by atoms with Gasteiger partial charge in [-0.1, -0.05) is 0 Å². The van der Waals surface area contributed by atoms with Crippen molar-refractivity contribution in [3.05, 3.63) is 0 Å². The fraction of sp³-hybridized carbons (Fsp3) is 0.800. The number of likely N-dealkylation sites (N-methyl/N-ethyl adjacent to an activating group) is 2. The Bertz CT molecular complexity index is 371. The van der Waals surface area contributed by atoms with Crippen molar-refractivity contribution in [2.45, 2.75) is 12.3 Å². The van der Waals surface area contributed by atoms with Crippen molar-refractivity contribution >= 4 is 12.1 Å². The van der Waals surface area contributed by atoms with Crippen LogP contribution in [0.4, 0.5) is 9.59 Å². The summed E-state index contributed by atoms with van der Waals surface area (Å²) in [7, 11) is 3.43. The zero-order valence-electron chi connectivity index (χ0n) is 10.5. The van der Waals surface area contributed by atoms with E-state index in [1.54, 1.807) is 33.7 Å². The number of urea groups is 2. The van der Waals surface area contributed by atoms with E-state index in [1.807, 2.05) is 4.90 Å². The molecule has 0 unspecified atom stereocenters. The van der Waals surface area contributed by atoms with Gasteiger partial charge in [0.15, 0.2) is 6.17 Å². The van der Waals surface area contributed by atoms with Gasteiger partial charge in [-0.15, -0.1) is 0 Å². The molecule has 0 bridgehead atoms. The van der Waals surface area contributed by atoms with Crippen LogP contribution in [0.2, 0.25) is 0 Å². The van der Waals surface area contributed by atoms with Crippen LogP contribution >= 0.6 is 0 Å². The van der Waals surface area contributed by atoms with Crippen LogP contribution in [0.3, 0.4) is 0 Å². The highest BCUT2D eigenvalue weighted by atomic mass is 16.3. The van der Waals surface area contributed by atoms with Crippen LogP contribution in [-0.2, 0) is 0 Å². The first kappa shape index (κ1) is 11.5. The van der Waals surface area contributed by atoms with Crippen molar-refractivity contribution in [3.63, 3.8) is 0 Å². The monoisotopic (exact) mass is 255 g/mol. The molecule has 3 aliphatic heterocycles. The summed E-state index contributed by atoms with van der Waals surface area (Å²) < 4.78 is 0. The van der Waals surface area contributed by atoms with Crippen LogP contribution in [0.15, 0.2) is 0 Å². The molecule has 0 aromatic rings. The largest absolute Gasteiger partial charge is 0.395 e. The Labute approximate surface area is 105 Å². The maximum absolute atomic E-state index is 12.1. The van der Waals surface area contributed by atoms with Gasteiger partial charge in [0.2, 0.25) is 0 Å². The fourth-order valence-electron chi connectivity index (χ4n) is 3.05. The zero-order chi connectivity index (χ0) is 13.0. The van der Waals surface area contributed by atoms with Crippen LogP contribution in [0.5, 0.6) is 0 Å². The molecule has 3 heterocycles. The number of β-amino-alcohol motifs (C(OH)–C–C–N with tert-alkyl or cyclic N) is 1. The van der Waals surface area contributed by atoms with Gasteiger partial charge in [-0.25, -0.2) is 9.59 Å². The van der Waals surface area contributed by atoms with Crippen molar-refractivity contribution in [1.82, 2.24) is 24.5 Å². The molecule has 8 nitrogen and oxygen atoms in total. The molecule has 0 saturated carbocycles. The molecular weight excluding hydrogens is 238 g/mol. The first-order valence-electron chi connectivity index (χ1n) is 5.96. The van der Waals surface area contributed by atoms with Crippen LogP contribution in [0.1, 0.15) is 0 Å². The summed E-state index contributed by atoms with van der Waals surface area (Å²) in [5, 5.41) is 8.99. The number of aliphatic hydroxyl groups is 1. The van der Waals surface area contributed by atoms with Gasteiger partial charge in [-0.3, -0.25) is 14.7 Å². The van der Waals surface area contributed by atoms with E-state index in [9.17, 15) is 9.59 Å². The van der Waals surface area contributed by atoms with Gasteiger partial charge in [-0.05, 0) is 0 Å². The van der Waals surface area contributed by atoms with Gasteiger partial charge in [0.1, 0.15) is 6.17 Å². The lowest BCUT2D eigenvalue weighted by molar-refractivity contribution is -0.0168. The summed E-state index contributed by atoms with van der Waals surface area (Å²) in [6.07, 6.45) is -0.406. The topological polar surface area (TPSA) is 70.6 Å². The second-order valence-electron chi connectivity index (χ2n) is 4.95. The molecular formula is C10H17N5O3. The third-order valence-corrected chi connectivity index (χ3v) is 3.91. The molecule has 3 rings (SSSR count). The molecule has 0 aromatic carbocycles. The van der Waals surface area contributed by atoms with Gasteiger partial charge < -0.3 is 14.9 Å². The van der Waals surface area contributed by atoms with Crippen LogP contribution < -0.4 is 0 Å². The highest BCUT2D eigenvalue weighted by molar-refractivity contribution is 5.85. The average molecular weight is 255 g/mol. The van der Waals surface area contributed by atoms with Crippen LogP contribution in [0, 0.1) is 0 Å². The molecule has 8 heteroatoms. The summed E-state index contributed by atoms with van der Waals surface area (Å²) in [6.45, 7) is 1.40. The molecule has 0 atom stereocenters. The molecule has 3 aliphatic rings. The van der Waals surface area contributed by atoms with Crippen molar-refractivity contribution in [2.75, 3.05) is 40.6 Å². The van der Waals surface area contributed by atoms with Crippen molar-refractivity contribution in [1.29, 1.82) is 0 Å². The van der Waals surface area contributed by atoms with Gasteiger partial charge in [0, 0.05) is 20.6 Å². The number of nitrogens with zero attached hydrogens (tertiary/aromatic N) is 5. The quantitative estimate of drug-likeness (QED) is 0.658. The van der Waals surface area contributed by atoms with Gasteiger partial charge >= 0.3 is 12.1 Å². The van der Waals surface area contributed by atoms with E-state index in [4.69, 9.17) is 5.11 Å². The maximum Gasteiger partial charge on any atom is 0.324 e. The van der Waals surface area contributed by atoms with Gasteiger partial charge in [0.05, 0.1) is 19.9 Å². The Morgan fingerprint density at radius 3 is 2.00 bits per heavy atom. The van der Waals surface area contributed by atoms with Gasteiger partial charge in [0.25, 0.3) is 0 Å². The molecule has 18 heavy (non-hydrogen) atoms. The lowest BCUT2D eigenvalue weighted by Crippen LogP contribution is -2.60. The predicted octanol–water partition coefficient (Wildman–Crippen LogP) is -1.40. The lowest BCUT2D eigenvalue weighted by Gasteiger charge is -2.41. The van der Waals surface area contributed by atoms with E-state index in [-0.39, 0.29) is 31.0 Å². The van der Waals surface area contributed by atoms with Crippen molar-refractivity contribution in [2.24, 2.45) is 0 Å². The number of hydrogen-bond donors (Lipinski definition) is 1. The third kappa shape index (κ3) is 1.27. The minimum atomic E-state index is -0.207. The van der Waals surface area contributed by atoms with E-state index in [0.29, 0.717) is 19.9 Å². The number of amides is 4. The highest BCUT2D eigenvalue weighted by Gasteiger charge is 2.59. The van der Waals surface area contributed by atoms with Crippen LogP contribution in [0.25, 0.3) is 0 Å². The molecule has 4 amide bonds. The SMILES string of the molecule is CN1C(=O)N2CN(CCO)CN3C(=O)N(C)C1C23. The molecule has 0 aromatic heterocycles. The summed E-state index contributed by atoms with van der Waals surface area (Å²) in [4.78, 5) is 32.7. The standard InChI is InChI=1S/C10H17N5O3/c1-11-7-8-14(9(11)17)5-13(3-4-16)6-15(8)10(18)12(7)2/h7-8,16H,3-6H2,1-2H3. The lowest BCUT2D eigenvalue weighted by atomic mass is 10.3. The number of carbonyl (C=O) groups is 2. The highest BCUT2D eigenvalue weighted by Crippen LogP contribution is 2.35. The molecule has 1 N–H and O–H groups in total. The number of rotatable bonds is 2. The Kier molecular flexibility index (Phi) is 2.39. The number of aliphatic hydroxyl groups excluding tert-OH is 1. The fourth-order valence-corrected chi connectivity index (χ4v) is 3.05. The predicted molar refractivity (Wildman–Crippen MR) is 61.1 cm³/mol. The Hall–Kier alpha value is -1.54. The minimum absolute atomic E-state index is 0.0177. The Morgan fingerprint density at radius 1 is 1.06 bits per heavy atom. The molecule has 0 spiro atoms. The summed E-state index contributed by atoms with van der Waals surface area (Å²) in [5.74, 6) is 0. The molecule has 3 saturated heterocycles. The molecule has 3 fully saturated rings. The summed E-state index contributed by atoms with van der Waals surface area (Å²) in [5.41, 5.74) is 0. The second-order valence-corrected chi connectivity index (χ2v) is 4.95. The second kappa shape index (κ2) is 3.72. The third-order valence-electron chi connectivity index (χ3n) is 3.91. The van der Waals surface area contributed by atoms with E-state index in [0.717, 1.165) is 0 Å². The maximum atomic E-state index is 12.1. The average Bonchev–Trinajstić information content (AvgIpc) is 2.74. The van der Waals surface area contributed by atoms with E-state index in [1.165, 1.54) is 0 Å². The first-order chi connectivity index (χ1) is 8.56. The number of hydrogen-bond acceptors (Lipinski definition) is 4. The first-order valence-corrected chi connectivity index (χ1v) is 5.96. The molecule has 100 valence electrons. The molecule has 0 aliphatic carbocycles. The Balaban J connectivity index is 1.93. The normalized spacial score (nSPS) is 31.7. The van der Waals surface area contributed by atoms with E-state index >= 15 is 0 Å². The summed E-state index contributed by atoms with van der Waals surface area (Å²) in [6, 6.07) is -0.144. The minimum Gasteiger partial charge on any atom is -0.395 e. The van der Waals surface area contributed by atoms with E-state index in [2.05, 4.69) is 0 Å². The van der Waals surface area contributed by atoms with Crippen molar-refractivity contribution in [3.8, 4) is 0 Å². The summed E-state index contributed by atoms with van der Waals surface area (Å²) >= 11 is 0. The van der Waals surface area contributed by atoms with E-state index < -0.39 is 0 Å². The zero-order valence-corrected chi connectivity index (χ0v) is 10.5. The van der Waals surface area contributed by atoms with Crippen LogP contribution in [-0.4, -0.2) is 94.6 Å². The Morgan fingerprint density at radius 2 is 1.56 bits per heavy atom. The number of carbonyl (C=O) groups excluding carboxylic acids is 2.